The van der Waals surface area contributed by atoms with Gasteiger partial charge in [-0.15, -0.1) is 0 Å². The largest absolute Gasteiger partial charge is 0.492 e. The third-order valence-electron chi connectivity index (χ3n) is 4.59. The molecular weight excluding hydrogens is 436 g/mol. The summed E-state index contributed by atoms with van der Waals surface area (Å²) < 4.78 is 59.9. The highest BCUT2D eigenvalue weighted by Crippen LogP contribution is 2.27. The van der Waals surface area contributed by atoms with Crippen LogP contribution in [0.15, 0.2) is 52.3 Å². The summed E-state index contributed by atoms with van der Waals surface area (Å²) in [6, 6.07) is 10.6. The Morgan fingerprint density at radius 3 is 2.31 bits per heavy atom. The van der Waals surface area contributed by atoms with Gasteiger partial charge in [-0.25, -0.2) is 21.6 Å². The van der Waals surface area contributed by atoms with E-state index in [2.05, 4.69) is 4.72 Å². The van der Waals surface area contributed by atoms with Gasteiger partial charge in [0.2, 0.25) is 20.0 Å². The predicted octanol–water partition coefficient (Wildman–Crippen LogP) is 3.00. The van der Waals surface area contributed by atoms with Crippen molar-refractivity contribution >= 4 is 31.6 Å². The van der Waals surface area contributed by atoms with E-state index in [1.54, 1.807) is 25.1 Å². The Kier molecular flexibility index (Phi) is 6.85. The third kappa shape index (κ3) is 5.10. The number of sulfonamides is 2. The molecule has 0 saturated carbocycles. The Morgan fingerprint density at radius 2 is 1.69 bits per heavy atom. The van der Waals surface area contributed by atoms with Crippen LogP contribution in [-0.2, 0) is 26.6 Å². The highest BCUT2D eigenvalue weighted by atomic mass is 35.5. The van der Waals surface area contributed by atoms with E-state index in [9.17, 15) is 16.8 Å². The Bertz CT molecular complexity index is 1060. The molecule has 0 atom stereocenters. The number of ether oxygens (including phenoxy) is 1. The first-order chi connectivity index (χ1) is 13.7. The van der Waals surface area contributed by atoms with Gasteiger partial charge >= 0.3 is 0 Å². The summed E-state index contributed by atoms with van der Waals surface area (Å²) in [5.41, 5.74) is 0.633. The average molecular weight is 459 g/mol. The van der Waals surface area contributed by atoms with Gasteiger partial charge in [0.15, 0.2) is 0 Å². The van der Waals surface area contributed by atoms with E-state index in [0.29, 0.717) is 25.3 Å². The maximum atomic E-state index is 12.7. The number of hydrogen-bond donors (Lipinski definition) is 1. The molecule has 0 bridgehead atoms. The second-order valence-corrected chi connectivity index (χ2v) is 10.7. The summed E-state index contributed by atoms with van der Waals surface area (Å²) in [5, 5.41) is 0.283. The molecule has 1 N–H and O–H groups in total. The molecule has 1 saturated heterocycles. The fraction of sp³-hybridized carbons (Fsp3) is 0.368. The second-order valence-electron chi connectivity index (χ2n) is 6.60. The smallest absolute Gasteiger partial charge is 0.244 e. The van der Waals surface area contributed by atoms with Crippen molar-refractivity contribution in [1.82, 2.24) is 9.03 Å². The first-order valence-electron chi connectivity index (χ1n) is 9.25. The molecule has 10 heteroatoms. The summed E-state index contributed by atoms with van der Waals surface area (Å²) >= 11 is 5.95. The summed E-state index contributed by atoms with van der Waals surface area (Å²) in [6.45, 7) is 3.15. The van der Waals surface area contributed by atoms with Gasteiger partial charge in [-0.2, -0.15) is 4.31 Å². The molecule has 0 radical (unpaired) electrons. The first kappa shape index (κ1) is 22.0. The molecule has 2 aromatic rings. The lowest BCUT2D eigenvalue weighted by Gasteiger charge is -2.16. The topological polar surface area (TPSA) is 92.8 Å². The zero-order chi connectivity index (χ0) is 21.1. The summed E-state index contributed by atoms with van der Waals surface area (Å²) in [5.74, 6) is 0.219. The van der Waals surface area contributed by atoms with Crippen molar-refractivity contribution in [3.8, 4) is 5.75 Å². The quantitative estimate of drug-likeness (QED) is 0.656. The number of benzene rings is 2. The minimum Gasteiger partial charge on any atom is -0.492 e. The molecule has 0 spiro atoms. The van der Waals surface area contributed by atoms with Gasteiger partial charge in [-0.1, -0.05) is 23.7 Å². The van der Waals surface area contributed by atoms with Crippen LogP contribution in [0.1, 0.15) is 25.3 Å². The van der Waals surface area contributed by atoms with Gasteiger partial charge in [-0.3, -0.25) is 0 Å². The van der Waals surface area contributed by atoms with Crippen LogP contribution in [0.25, 0.3) is 0 Å². The highest BCUT2D eigenvalue weighted by Gasteiger charge is 2.27. The van der Waals surface area contributed by atoms with Crippen molar-refractivity contribution in [1.29, 1.82) is 0 Å². The number of hydrogen-bond acceptors (Lipinski definition) is 5. The molecule has 1 aliphatic rings. The van der Waals surface area contributed by atoms with E-state index in [1.165, 1.54) is 28.6 Å². The van der Waals surface area contributed by atoms with Crippen LogP contribution >= 0.6 is 11.6 Å². The molecule has 0 aromatic heterocycles. The third-order valence-corrected chi connectivity index (χ3v) is 8.16. The minimum atomic E-state index is -3.87. The highest BCUT2D eigenvalue weighted by molar-refractivity contribution is 7.89. The lowest BCUT2D eigenvalue weighted by Crippen LogP contribution is -2.28. The number of nitrogens with one attached hydrogen (secondary N) is 1. The van der Waals surface area contributed by atoms with Gasteiger partial charge in [0.05, 0.1) is 11.5 Å². The Balaban J connectivity index is 1.74. The molecule has 2 aromatic carbocycles. The molecule has 7 nitrogen and oxygen atoms in total. The molecule has 3 rings (SSSR count). The van der Waals surface area contributed by atoms with E-state index in [-0.39, 0.29) is 27.1 Å². The average Bonchev–Trinajstić information content (AvgIpc) is 3.24. The predicted molar refractivity (Wildman–Crippen MR) is 111 cm³/mol. The second kappa shape index (κ2) is 9.01. The van der Waals surface area contributed by atoms with Gasteiger partial charge in [0.1, 0.15) is 10.6 Å². The normalized spacial score (nSPS) is 15.5. The summed E-state index contributed by atoms with van der Waals surface area (Å²) in [4.78, 5) is 0.166. The Morgan fingerprint density at radius 1 is 1.03 bits per heavy atom. The fourth-order valence-electron chi connectivity index (χ4n) is 3.08. The van der Waals surface area contributed by atoms with Gasteiger partial charge in [-0.05, 0) is 55.7 Å². The lowest BCUT2D eigenvalue weighted by molar-refractivity contribution is 0.331. The molecule has 29 heavy (non-hydrogen) atoms. The number of halogens is 1. The van der Waals surface area contributed by atoms with Crippen molar-refractivity contribution in [2.45, 2.75) is 36.1 Å². The lowest BCUT2D eigenvalue weighted by atomic mass is 10.2. The molecule has 0 unspecified atom stereocenters. The zero-order valence-electron chi connectivity index (χ0n) is 16.0. The van der Waals surface area contributed by atoms with E-state index in [1.807, 2.05) is 0 Å². The SMILES string of the molecule is CCOc1ccc(Cl)cc1S(=O)(=O)NCc1ccc(S(=O)(=O)N2CCCC2)cc1. The summed E-state index contributed by atoms with van der Waals surface area (Å²) in [6.07, 6.45) is 1.73. The Hall–Kier alpha value is -1.65. The van der Waals surface area contributed by atoms with Crippen molar-refractivity contribution in [3.05, 3.63) is 53.1 Å². The van der Waals surface area contributed by atoms with Gasteiger partial charge in [0.25, 0.3) is 0 Å². The van der Waals surface area contributed by atoms with Crippen molar-refractivity contribution in [2.24, 2.45) is 0 Å². The number of nitrogens with zero attached hydrogens (tertiary/aromatic N) is 1. The van der Waals surface area contributed by atoms with Crippen LogP contribution in [0.2, 0.25) is 5.02 Å². The van der Waals surface area contributed by atoms with Crippen LogP contribution in [0.5, 0.6) is 5.75 Å². The molecular formula is C19H23ClN2O5S2. The molecule has 1 heterocycles. The zero-order valence-corrected chi connectivity index (χ0v) is 18.4. The van der Waals surface area contributed by atoms with Gasteiger partial charge < -0.3 is 4.74 Å². The number of rotatable bonds is 8. The maximum Gasteiger partial charge on any atom is 0.244 e. The van der Waals surface area contributed by atoms with Crippen LogP contribution in [-0.4, -0.2) is 40.8 Å². The van der Waals surface area contributed by atoms with Crippen LogP contribution in [0.3, 0.4) is 0 Å². The van der Waals surface area contributed by atoms with Crippen LogP contribution < -0.4 is 9.46 Å². The standard InChI is InChI=1S/C19H23ClN2O5S2/c1-2-27-18-10-7-16(20)13-19(18)28(23,24)21-14-15-5-8-17(9-6-15)29(25,26)22-11-3-4-12-22/h5-10,13,21H,2-4,11-12,14H2,1H3. The van der Waals surface area contributed by atoms with E-state index in [4.69, 9.17) is 16.3 Å². The Labute approximate surface area is 176 Å². The monoisotopic (exact) mass is 458 g/mol. The first-order valence-corrected chi connectivity index (χ1v) is 12.6. The van der Waals surface area contributed by atoms with Crippen molar-refractivity contribution in [3.63, 3.8) is 0 Å². The molecule has 1 aliphatic heterocycles. The fourth-order valence-corrected chi connectivity index (χ4v) is 6.02. The van der Waals surface area contributed by atoms with Crippen LogP contribution in [0, 0.1) is 0 Å². The molecule has 0 amide bonds. The molecule has 1 fully saturated rings. The summed E-state index contributed by atoms with van der Waals surface area (Å²) in [7, 11) is -7.37. The minimum absolute atomic E-state index is 0.00442. The van der Waals surface area contributed by atoms with Crippen molar-refractivity contribution < 1.29 is 21.6 Å². The molecule has 158 valence electrons. The maximum absolute atomic E-state index is 12.7. The van der Waals surface area contributed by atoms with Gasteiger partial charge in [0, 0.05) is 24.7 Å². The van der Waals surface area contributed by atoms with Crippen LogP contribution in [0.4, 0.5) is 0 Å². The molecule has 0 aliphatic carbocycles. The van der Waals surface area contributed by atoms with E-state index in [0.717, 1.165) is 12.8 Å². The van der Waals surface area contributed by atoms with Crippen molar-refractivity contribution in [2.75, 3.05) is 19.7 Å². The van der Waals surface area contributed by atoms with E-state index < -0.39 is 20.0 Å². The van der Waals surface area contributed by atoms with E-state index >= 15 is 0 Å².